The van der Waals surface area contributed by atoms with Crippen LogP contribution in [0.15, 0.2) is 72.8 Å². The maximum atomic E-state index is 13.3. The van der Waals surface area contributed by atoms with E-state index in [1.807, 2.05) is 79.7 Å². The van der Waals surface area contributed by atoms with Crippen LogP contribution in [-0.2, 0) is 4.79 Å². The van der Waals surface area contributed by atoms with Crippen LogP contribution in [0.25, 0.3) is 0 Å². The number of hydrogen-bond donors (Lipinski definition) is 2. The van der Waals surface area contributed by atoms with Crippen molar-refractivity contribution in [3.05, 3.63) is 89.5 Å². The van der Waals surface area contributed by atoms with Gasteiger partial charge in [0.2, 0.25) is 5.91 Å². The highest BCUT2D eigenvalue weighted by atomic mass is 16.5. The average molecular weight is 442 g/mol. The van der Waals surface area contributed by atoms with Crippen molar-refractivity contribution in [2.75, 3.05) is 18.4 Å². The molecule has 5 rings (SSSR count). The third-order valence-corrected chi connectivity index (χ3v) is 6.32. The van der Waals surface area contributed by atoms with Gasteiger partial charge in [0.05, 0.1) is 12.0 Å². The molecule has 6 heteroatoms. The Morgan fingerprint density at radius 3 is 2.33 bits per heavy atom. The molecule has 0 radical (unpaired) electrons. The van der Waals surface area contributed by atoms with Crippen molar-refractivity contribution in [3.8, 4) is 11.5 Å². The summed E-state index contributed by atoms with van der Waals surface area (Å²) in [5, 5.41) is 6.20. The summed E-state index contributed by atoms with van der Waals surface area (Å²) in [6, 6.07) is 22.8. The summed E-state index contributed by atoms with van der Waals surface area (Å²) >= 11 is 0. The van der Waals surface area contributed by atoms with Crippen LogP contribution in [0.3, 0.4) is 0 Å². The molecule has 2 aliphatic heterocycles. The minimum absolute atomic E-state index is 0.0421. The van der Waals surface area contributed by atoms with Gasteiger partial charge in [-0.25, -0.2) is 4.79 Å². The Bertz CT molecular complexity index is 1150. The first-order chi connectivity index (χ1) is 16.1. The van der Waals surface area contributed by atoms with E-state index >= 15 is 0 Å². The number of likely N-dealkylation sites (tertiary alicyclic amines) is 1. The zero-order chi connectivity index (χ0) is 22.8. The maximum absolute atomic E-state index is 13.3. The number of para-hydroxylation sites is 2. The number of ether oxygens (including phenoxy) is 1. The normalized spacial score (nSPS) is 17.4. The van der Waals surface area contributed by atoms with E-state index in [1.54, 1.807) is 4.90 Å². The molecular formula is C27H27N3O3. The summed E-state index contributed by atoms with van der Waals surface area (Å²) in [5.41, 5.74) is 3.73. The number of fused-ring (bicyclic) bond motifs is 2. The molecule has 3 aromatic carbocycles. The number of benzene rings is 3. The number of urea groups is 1. The first-order valence-corrected chi connectivity index (χ1v) is 11.4. The van der Waals surface area contributed by atoms with Gasteiger partial charge >= 0.3 is 6.03 Å². The van der Waals surface area contributed by atoms with Crippen LogP contribution in [0, 0.1) is 12.8 Å². The van der Waals surface area contributed by atoms with E-state index in [4.69, 9.17) is 4.74 Å². The Morgan fingerprint density at radius 1 is 0.939 bits per heavy atom. The molecule has 0 aromatic heterocycles. The molecule has 3 amide bonds. The molecule has 0 aliphatic carbocycles. The van der Waals surface area contributed by atoms with Crippen LogP contribution in [0.5, 0.6) is 11.5 Å². The van der Waals surface area contributed by atoms with E-state index in [0.717, 1.165) is 46.7 Å². The number of hydrogen-bond acceptors (Lipinski definition) is 3. The van der Waals surface area contributed by atoms with Crippen molar-refractivity contribution in [2.24, 2.45) is 5.92 Å². The fourth-order valence-corrected chi connectivity index (χ4v) is 4.63. The van der Waals surface area contributed by atoms with Crippen LogP contribution in [0.1, 0.15) is 35.6 Å². The van der Waals surface area contributed by atoms with Crippen molar-refractivity contribution >= 4 is 17.6 Å². The highest BCUT2D eigenvalue weighted by Gasteiger charge is 2.33. The smallest absolute Gasteiger partial charge is 0.321 e. The summed E-state index contributed by atoms with van der Waals surface area (Å²) in [7, 11) is 0. The second kappa shape index (κ2) is 8.98. The lowest BCUT2D eigenvalue weighted by atomic mass is 9.92. The zero-order valence-electron chi connectivity index (χ0n) is 18.6. The average Bonchev–Trinajstić information content (AvgIpc) is 2.84. The van der Waals surface area contributed by atoms with Crippen LogP contribution < -0.4 is 15.4 Å². The molecule has 1 unspecified atom stereocenters. The standard InChI is InChI=1S/C27H27N3O3/c1-18-8-6-10-20(16-18)28-27(32)30-15-7-9-19(17-30)26(31)29-25-21-11-2-4-13-23(21)33-24-14-5-3-12-22(24)25/h2-6,8,10-14,16,19,25H,7,9,15,17H2,1H3,(H,28,32)(H,29,31). The third kappa shape index (κ3) is 4.42. The van der Waals surface area contributed by atoms with Crippen LogP contribution in [-0.4, -0.2) is 29.9 Å². The molecule has 6 nitrogen and oxygen atoms in total. The number of amides is 3. The van der Waals surface area contributed by atoms with Crippen molar-refractivity contribution < 1.29 is 14.3 Å². The van der Waals surface area contributed by atoms with Crippen LogP contribution in [0.2, 0.25) is 0 Å². The van der Waals surface area contributed by atoms with E-state index in [0.29, 0.717) is 13.1 Å². The van der Waals surface area contributed by atoms with Gasteiger partial charge in [-0.3, -0.25) is 4.79 Å². The summed E-state index contributed by atoms with van der Waals surface area (Å²) in [4.78, 5) is 27.9. The minimum atomic E-state index is -0.282. The van der Waals surface area contributed by atoms with Gasteiger partial charge in [-0.05, 0) is 49.6 Å². The molecule has 0 bridgehead atoms. The fraction of sp³-hybridized carbons (Fsp3) is 0.259. The van der Waals surface area contributed by atoms with E-state index in [2.05, 4.69) is 10.6 Å². The number of aryl methyl sites for hydroxylation is 1. The second-order valence-corrected chi connectivity index (χ2v) is 8.70. The Hall–Kier alpha value is -3.80. The summed E-state index contributed by atoms with van der Waals surface area (Å²) in [6.45, 7) is 3.03. The number of nitrogens with one attached hydrogen (secondary N) is 2. The van der Waals surface area contributed by atoms with E-state index in [9.17, 15) is 9.59 Å². The highest BCUT2D eigenvalue weighted by molar-refractivity contribution is 5.90. The molecule has 1 saturated heterocycles. The number of carbonyl (C=O) groups is 2. The molecule has 168 valence electrons. The van der Waals surface area contributed by atoms with Crippen molar-refractivity contribution in [1.29, 1.82) is 0 Å². The fourth-order valence-electron chi connectivity index (χ4n) is 4.63. The number of piperidine rings is 1. The van der Waals surface area contributed by atoms with Gasteiger partial charge in [0, 0.05) is 29.9 Å². The quantitative estimate of drug-likeness (QED) is 0.583. The van der Waals surface area contributed by atoms with Gasteiger partial charge in [-0.1, -0.05) is 48.5 Å². The summed E-state index contributed by atoms with van der Waals surface area (Å²) < 4.78 is 6.04. The largest absolute Gasteiger partial charge is 0.457 e. The van der Waals surface area contributed by atoms with Gasteiger partial charge < -0.3 is 20.3 Å². The summed E-state index contributed by atoms with van der Waals surface area (Å²) in [5.74, 6) is 1.21. The predicted molar refractivity (Wildman–Crippen MR) is 127 cm³/mol. The Kier molecular flexibility index (Phi) is 5.73. The molecule has 33 heavy (non-hydrogen) atoms. The van der Waals surface area contributed by atoms with Crippen LogP contribution >= 0.6 is 0 Å². The first kappa shape index (κ1) is 21.1. The van der Waals surface area contributed by atoms with Gasteiger partial charge in [0.15, 0.2) is 0 Å². The van der Waals surface area contributed by atoms with Gasteiger partial charge in [0.1, 0.15) is 11.5 Å². The molecule has 1 atom stereocenters. The lowest BCUT2D eigenvalue weighted by molar-refractivity contribution is -0.126. The molecule has 0 saturated carbocycles. The predicted octanol–water partition coefficient (Wildman–Crippen LogP) is 5.25. The monoisotopic (exact) mass is 441 g/mol. The number of anilines is 1. The lowest BCUT2D eigenvalue weighted by Crippen LogP contribution is -2.47. The number of nitrogens with zero attached hydrogens (tertiary/aromatic N) is 1. The molecule has 3 aromatic rings. The molecule has 2 N–H and O–H groups in total. The van der Waals surface area contributed by atoms with Gasteiger partial charge in [-0.2, -0.15) is 0 Å². The van der Waals surface area contributed by atoms with Crippen LogP contribution in [0.4, 0.5) is 10.5 Å². The van der Waals surface area contributed by atoms with E-state index in [-0.39, 0.29) is 23.9 Å². The number of carbonyl (C=O) groups excluding carboxylic acids is 2. The lowest BCUT2D eigenvalue weighted by Gasteiger charge is -2.34. The molecule has 0 spiro atoms. The van der Waals surface area contributed by atoms with E-state index < -0.39 is 0 Å². The van der Waals surface area contributed by atoms with Gasteiger partial charge in [-0.15, -0.1) is 0 Å². The molecule has 2 aliphatic rings. The Balaban J connectivity index is 1.30. The zero-order valence-corrected chi connectivity index (χ0v) is 18.6. The van der Waals surface area contributed by atoms with Gasteiger partial charge in [0.25, 0.3) is 0 Å². The van der Waals surface area contributed by atoms with Crippen molar-refractivity contribution in [3.63, 3.8) is 0 Å². The molecule has 1 fully saturated rings. The second-order valence-electron chi connectivity index (χ2n) is 8.70. The highest BCUT2D eigenvalue weighted by Crippen LogP contribution is 2.42. The minimum Gasteiger partial charge on any atom is -0.457 e. The topological polar surface area (TPSA) is 70.7 Å². The molecular weight excluding hydrogens is 414 g/mol. The third-order valence-electron chi connectivity index (χ3n) is 6.32. The number of rotatable bonds is 3. The maximum Gasteiger partial charge on any atom is 0.321 e. The SMILES string of the molecule is Cc1cccc(NC(=O)N2CCCC(C(=O)NC3c4ccccc4Oc4ccccc43)C2)c1. The van der Waals surface area contributed by atoms with E-state index in [1.165, 1.54) is 0 Å². The Labute approximate surface area is 193 Å². The Morgan fingerprint density at radius 2 is 1.64 bits per heavy atom. The summed E-state index contributed by atoms with van der Waals surface area (Å²) in [6.07, 6.45) is 1.55. The molecule has 2 heterocycles. The first-order valence-electron chi connectivity index (χ1n) is 11.4. The van der Waals surface area contributed by atoms with Crippen molar-refractivity contribution in [2.45, 2.75) is 25.8 Å². The van der Waals surface area contributed by atoms with Crippen molar-refractivity contribution in [1.82, 2.24) is 10.2 Å².